The van der Waals surface area contributed by atoms with Gasteiger partial charge in [-0.15, -0.1) is 0 Å². The molecule has 1 fully saturated rings. The molecule has 88 valence electrons. The number of halogens is 1. The lowest BCUT2D eigenvalue weighted by atomic mass is 10.1. The molecule has 0 saturated carbocycles. The maximum absolute atomic E-state index is 13.2. The van der Waals surface area contributed by atoms with Crippen molar-refractivity contribution in [2.75, 3.05) is 6.54 Å². The first-order chi connectivity index (χ1) is 7.70. The molecule has 1 N–H and O–H groups in total. The van der Waals surface area contributed by atoms with Gasteiger partial charge in [0.15, 0.2) is 11.6 Å². The molecule has 1 atom stereocenters. The van der Waals surface area contributed by atoms with Crippen LogP contribution in [0.1, 0.15) is 31.7 Å². The Balaban J connectivity index is 2.05. The van der Waals surface area contributed by atoms with E-state index < -0.39 is 5.82 Å². The molecule has 1 aliphatic rings. The molecule has 0 bridgehead atoms. The fourth-order valence-electron chi connectivity index (χ4n) is 2.45. The largest absolute Gasteiger partial charge is 0.505 e. The summed E-state index contributed by atoms with van der Waals surface area (Å²) in [5.74, 6) is -0.790. The first kappa shape index (κ1) is 11.4. The van der Waals surface area contributed by atoms with Crippen LogP contribution in [0.5, 0.6) is 5.75 Å². The van der Waals surface area contributed by atoms with E-state index >= 15 is 0 Å². The molecule has 0 radical (unpaired) electrons. The van der Waals surface area contributed by atoms with Gasteiger partial charge < -0.3 is 5.11 Å². The molecule has 0 amide bonds. The fraction of sp³-hybridized carbons (Fsp3) is 0.538. The lowest BCUT2D eigenvalue weighted by molar-refractivity contribution is 0.239. The van der Waals surface area contributed by atoms with Crippen molar-refractivity contribution in [1.82, 2.24) is 4.90 Å². The van der Waals surface area contributed by atoms with E-state index in [2.05, 4.69) is 11.8 Å². The number of phenolic OH excluding ortho intramolecular Hbond substituents is 1. The van der Waals surface area contributed by atoms with Gasteiger partial charge in [-0.25, -0.2) is 4.39 Å². The van der Waals surface area contributed by atoms with Gasteiger partial charge in [-0.05, 0) is 43.5 Å². The molecule has 1 aliphatic heterocycles. The number of benzene rings is 1. The van der Waals surface area contributed by atoms with E-state index in [-0.39, 0.29) is 5.75 Å². The highest BCUT2D eigenvalue weighted by Gasteiger charge is 2.22. The van der Waals surface area contributed by atoms with Crippen molar-refractivity contribution >= 4 is 0 Å². The van der Waals surface area contributed by atoms with E-state index in [1.165, 1.54) is 25.0 Å². The second-order valence-electron chi connectivity index (χ2n) is 4.46. The van der Waals surface area contributed by atoms with E-state index in [0.29, 0.717) is 6.04 Å². The number of hydrogen-bond acceptors (Lipinski definition) is 2. The minimum atomic E-state index is -0.523. The third kappa shape index (κ3) is 2.35. The molecule has 2 rings (SSSR count). The molecule has 1 heterocycles. The Morgan fingerprint density at radius 3 is 3.00 bits per heavy atom. The minimum Gasteiger partial charge on any atom is -0.505 e. The summed E-state index contributed by atoms with van der Waals surface area (Å²) in [6.07, 6.45) is 3.64. The van der Waals surface area contributed by atoms with Gasteiger partial charge in [-0.3, -0.25) is 4.90 Å². The molecule has 0 spiro atoms. The first-order valence-electron chi connectivity index (χ1n) is 5.92. The van der Waals surface area contributed by atoms with Gasteiger partial charge in [0.25, 0.3) is 0 Å². The van der Waals surface area contributed by atoms with Crippen LogP contribution in [0.15, 0.2) is 18.2 Å². The Bertz CT molecular complexity index is 367. The van der Waals surface area contributed by atoms with Crippen LogP contribution in [0.2, 0.25) is 0 Å². The lowest BCUT2D eigenvalue weighted by Crippen LogP contribution is -2.28. The van der Waals surface area contributed by atoms with Gasteiger partial charge in [0.1, 0.15) is 0 Å². The summed E-state index contributed by atoms with van der Waals surface area (Å²) in [5.41, 5.74) is 0.940. The molecule has 0 aliphatic carbocycles. The normalized spacial score (nSPS) is 21.5. The fourth-order valence-corrected chi connectivity index (χ4v) is 2.45. The summed E-state index contributed by atoms with van der Waals surface area (Å²) in [5, 5.41) is 9.11. The molecule has 1 unspecified atom stereocenters. The molecule has 1 aromatic carbocycles. The highest BCUT2D eigenvalue weighted by Crippen LogP contribution is 2.23. The van der Waals surface area contributed by atoms with E-state index in [0.717, 1.165) is 25.1 Å². The highest BCUT2D eigenvalue weighted by atomic mass is 19.1. The molecule has 0 aromatic heterocycles. The van der Waals surface area contributed by atoms with Crippen molar-refractivity contribution in [3.05, 3.63) is 29.6 Å². The maximum Gasteiger partial charge on any atom is 0.165 e. The Labute approximate surface area is 95.7 Å². The summed E-state index contributed by atoms with van der Waals surface area (Å²) >= 11 is 0. The molecule has 16 heavy (non-hydrogen) atoms. The smallest absolute Gasteiger partial charge is 0.165 e. The minimum absolute atomic E-state index is 0.266. The van der Waals surface area contributed by atoms with E-state index in [1.54, 1.807) is 6.07 Å². The van der Waals surface area contributed by atoms with Crippen LogP contribution in [0.25, 0.3) is 0 Å². The number of aromatic hydroxyl groups is 1. The van der Waals surface area contributed by atoms with Crippen LogP contribution >= 0.6 is 0 Å². The predicted molar refractivity (Wildman–Crippen MR) is 61.8 cm³/mol. The Morgan fingerprint density at radius 1 is 1.50 bits per heavy atom. The molecule has 1 saturated heterocycles. The van der Waals surface area contributed by atoms with Crippen molar-refractivity contribution in [1.29, 1.82) is 0 Å². The van der Waals surface area contributed by atoms with Gasteiger partial charge in [-0.1, -0.05) is 13.0 Å². The van der Waals surface area contributed by atoms with Crippen LogP contribution in [-0.4, -0.2) is 22.6 Å². The third-order valence-corrected chi connectivity index (χ3v) is 3.37. The molecule has 1 aromatic rings. The zero-order chi connectivity index (χ0) is 11.5. The third-order valence-electron chi connectivity index (χ3n) is 3.37. The summed E-state index contributed by atoms with van der Waals surface area (Å²) in [4.78, 5) is 2.39. The topological polar surface area (TPSA) is 23.5 Å². The number of phenols is 1. The van der Waals surface area contributed by atoms with Crippen molar-refractivity contribution in [3.8, 4) is 5.75 Å². The molecule has 3 heteroatoms. The van der Waals surface area contributed by atoms with Crippen LogP contribution < -0.4 is 0 Å². The SMILES string of the molecule is CCC1CCCN1Cc1ccc(O)c(F)c1. The lowest BCUT2D eigenvalue weighted by Gasteiger charge is -2.23. The second kappa shape index (κ2) is 4.83. The average molecular weight is 223 g/mol. The number of nitrogens with zero attached hydrogens (tertiary/aromatic N) is 1. The zero-order valence-electron chi connectivity index (χ0n) is 9.62. The van der Waals surface area contributed by atoms with Crippen molar-refractivity contribution < 1.29 is 9.50 Å². The van der Waals surface area contributed by atoms with Crippen LogP contribution in [-0.2, 0) is 6.54 Å². The summed E-state index contributed by atoms with van der Waals surface area (Å²) < 4.78 is 13.2. The number of likely N-dealkylation sites (tertiary alicyclic amines) is 1. The summed E-state index contributed by atoms with van der Waals surface area (Å²) in [6, 6.07) is 5.29. The Hall–Kier alpha value is -1.09. The molecule has 2 nitrogen and oxygen atoms in total. The standard InChI is InChI=1S/C13H18FNO/c1-2-11-4-3-7-15(11)9-10-5-6-13(16)12(14)8-10/h5-6,8,11,16H,2-4,7,9H2,1H3. The van der Waals surface area contributed by atoms with Gasteiger partial charge in [0.2, 0.25) is 0 Å². The van der Waals surface area contributed by atoms with Crippen LogP contribution in [0, 0.1) is 5.82 Å². The Kier molecular flexibility index (Phi) is 3.44. The van der Waals surface area contributed by atoms with E-state index in [4.69, 9.17) is 5.11 Å². The van der Waals surface area contributed by atoms with Crippen molar-refractivity contribution in [3.63, 3.8) is 0 Å². The number of hydrogen-bond donors (Lipinski definition) is 1. The molecular formula is C13H18FNO. The Morgan fingerprint density at radius 2 is 2.31 bits per heavy atom. The van der Waals surface area contributed by atoms with Gasteiger partial charge >= 0.3 is 0 Å². The molecular weight excluding hydrogens is 205 g/mol. The second-order valence-corrected chi connectivity index (χ2v) is 4.46. The van der Waals surface area contributed by atoms with Crippen molar-refractivity contribution in [2.45, 2.75) is 38.8 Å². The van der Waals surface area contributed by atoms with E-state index in [1.807, 2.05) is 0 Å². The summed E-state index contributed by atoms with van der Waals surface area (Å²) in [7, 11) is 0. The van der Waals surface area contributed by atoms with E-state index in [9.17, 15) is 4.39 Å². The highest BCUT2D eigenvalue weighted by molar-refractivity contribution is 5.28. The van der Waals surface area contributed by atoms with Crippen molar-refractivity contribution in [2.24, 2.45) is 0 Å². The quantitative estimate of drug-likeness (QED) is 0.851. The maximum atomic E-state index is 13.2. The van der Waals surface area contributed by atoms with Gasteiger partial charge in [0.05, 0.1) is 0 Å². The number of rotatable bonds is 3. The summed E-state index contributed by atoms with van der Waals surface area (Å²) in [6.45, 7) is 4.08. The van der Waals surface area contributed by atoms with Crippen LogP contribution in [0.4, 0.5) is 4.39 Å². The first-order valence-corrected chi connectivity index (χ1v) is 5.92. The monoisotopic (exact) mass is 223 g/mol. The van der Waals surface area contributed by atoms with Gasteiger partial charge in [0, 0.05) is 12.6 Å². The zero-order valence-corrected chi connectivity index (χ0v) is 9.62. The average Bonchev–Trinajstić information content (AvgIpc) is 2.71. The van der Waals surface area contributed by atoms with Gasteiger partial charge in [-0.2, -0.15) is 0 Å². The predicted octanol–water partition coefficient (Wildman–Crippen LogP) is 2.91. The van der Waals surface area contributed by atoms with Crippen LogP contribution in [0.3, 0.4) is 0 Å².